The van der Waals surface area contributed by atoms with Crippen molar-refractivity contribution in [2.24, 2.45) is 23.7 Å². The molecular formula is C40H29Cl2F3N4O6. The first-order valence-electron chi connectivity index (χ1n) is 17.2. The average molecular weight is 790 g/mol. The summed E-state index contributed by atoms with van der Waals surface area (Å²) >= 11 is 12.5. The van der Waals surface area contributed by atoms with Crippen LogP contribution in [0.1, 0.15) is 52.7 Å². The van der Waals surface area contributed by atoms with E-state index in [2.05, 4.69) is 10.4 Å². The zero-order valence-electron chi connectivity index (χ0n) is 28.7. The van der Waals surface area contributed by atoms with Gasteiger partial charge in [-0.1, -0.05) is 59.1 Å². The van der Waals surface area contributed by atoms with Crippen molar-refractivity contribution in [3.63, 3.8) is 0 Å². The predicted molar refractivity (Wildman–Crippen MR) is 194 cm³/mol. The van der Waals surface area contributed by atoms with E-state index < -0.39 is 75.4 Å². The van der Waals surface area contributed by atoms with Crippen LogP contribution in [0.4, 0.5) is 24.7 Å². The van der Waals surface area contributed by atoms with E-state index in [4.69, 9.17) is 23.2 Å². The number of rotatable bonds is 6. The molecule has 6 unspecified atom stereocenters. The van der Waals surface area contributed by atoms with Gasteiger partial charge in [-0.25, -0.2) is 4.98 Å². The Morgan fingerprint density at radius 3 is 2.27 bits per heavy atom. The normalized spacial score (nSPS) is 26.1. The number of carbonyl (C=O) groups excluding carboxylic acids is 5. The molecule has 3 aromatic carbocycles. The zero-order chi connectivity index (χ0) is 39.1. The maximum atomic E-state index is 15.2. The van der Waals surface area contributed by atoms with Gasteiger partial charge in [0.1, 0.15) is 5.75 Å². The standard InChI is InChI=1S/C40H29Cl2F3N4O6/c1-19(50)20-5-11-25(12-6-20)48-35(52)28-14-13-27-29(32(28)37(48)54)17-30-36(53)49(47-34-31(42)16-23(18-46-34)40(43,44)45)38(55)39(30,22-7-9-24(41)10-8-22)33(27)21-3-2-4-26(51)15-21/h2-13,15-16,18,28-30,32-33,51H,14,17H2,1H3,(H,46,47). The van der Waals surface area contributed by atoms with Gasteiger partial charge in [-0.15, -0.1) is 0 Å². The Hall–Kier alpha value is -5.53. The fraction of sp³-hybridized carbons (Fsp3) is 0.250. The number of anilines is 2. The first kappa shape index (κ1) is 36.4. The molecule has 280 valence electrons. The number of alkyl halides is 3. The van der Waals surface area contributed by atoms with Gasteiger partial charge in [-0.05, 0) is 91.4 Å². The fourth-order valence-corrected chi connectivity index (χ4v) is 9.30. The van der Waals surface area contributed by atoms with E-state index in [9.17, 15) is 37.5 Å². The summed E-state index contributed by atoms with van der Waals surface area (Å²) in [5.74, 6) is -7.84. The number of carbonyl (C=O) groups is 5. The summed E-state index contributed by atoms with van der Waals surface area (Å²) in [6, 6.07) is 19.3. The number of aromatic nitrogens is 1. The summed E-state index contributed by atoms with van der Waals surface area (Å²) in [6.45, 7) is 1.40. The van der Waals surface area contributed by atoms with Gasteiger partial charge in [0, 0.05) is 22.7 Å². The maximum absolute atomic E-state index is 15.2. The van der Waals surface area contributed by atoms with Crippen molar-refractivity contribution >= 4 is 64.1 Å². The summed E-state index contributed by atoms with van der Waals surface area (Å²) in [5, 5.41) is 11.3. The van der Waals surface area contributed by atoms with Crippen molar-refractivity contribution in [1.29, 1.82) is 0 Å². The molecule has 55 heavy (non-hydrogen) atoms. The van der Waals surface area contributed by atoms with Crippen LogP contribution in [-0.4, -0.2) is 44.5 Å². The molecule has 2 aliphatic carbocycles. The SMILES string of the molecule is CC(=O)c1ccc(N2C(=O)C3CC=C4C(CC5C(=O)N(Nc6ncc(C(F)(F)F)cc6Cl)C(=O)C5(c5ccc(Cl)cc5)C4c4cccc(O)c4)C3C2=O)cc1. The topological polar surface area (TPSA) is 137 Å². The second-order valence-electron chi connectivity index (χ2n) is 14.1. The Morgan fingerprint density at radius 2 is 1.64 bits per heavy atom. The van der Waals surface area contributed by atoms with E-state index in [-0.39, 0.29) is 35.9 Å². The van der Waals surface area contributed by atoms with Crippen LogP contribution < -0.4 is 10.3 Å². The lowest BCUT2D eigenvalue weighted by Gasteiger charge is -2.50. The molecule has 3 heterocycles. The minimum Gasteiger partial charge on any atom is -0.508 e. The van der Waals surface area contributed by atoms with Crippen molar-refractivity contribution in [2.45, 2.75) is 37.3 Å². The molecule has 0 spiro atoms. The van der Waals surface area contributed by atoms with Crippen LogP contribution in [-0.2, 0) is 30.8 Å². The van der Waals surface area contributed by atoms with E-state index in [1.54, 1.807) is 36.4 Å². The number of nitrogens with zero attached hydrogens (tertiary/aromatic N) is 3. The molecule has 0 radical (unpaired) electrons. The summed E-state index contributed by atoms with van der Waals surface area (Å²) in [6.07, 6.45) is -2.33. The van der Waals surface area contributed by atoms with E-state index in [1.807, 2.05) is 6.08 Å². The molecule has 4 aliphatic rings. The Kier molecular flexibility index (Phi) is 8.65. The number of allylic oxidation sites excluding steroid dienone is 2. The van der Waals surface area contributed by atoms with E-state index in [0.717, 1.165) is 4.90 Å². The van der Waals surface area contributed by atoms with Gasteiger partial charge in [-0.2, -0.15) is 18.2 Å². The molecule has 6 atom stereocenters. The average Bonchev–Trinajstić information content (AvgIpc) is 3.52. The number of amides is 4. The molecule has 8 rings (SSSR count). The van der Waals surface area contributed by atoms with E-state index in [1.165, 1.54) is 43.3 Å². The molecule has 10 nitrogen and oxygen atoms in total. The Bertz CT molecular complexity index is 2350. The number of phenols is 1. The van der Waals surface area contributed by atoms with Crippen LogP contribution >= 0.6 is 23.2 Å². The summed E-state index contributed by atoms with van der Waals surface area (Å²) in [7, 11) is 0. The molecule has 1 saturated carbocycles. The van der Waals surface area contributed by atoms with Gasteiger partial charge in [0.15, 0.2) is 11.6 Å². The summed E-state index contributed by atoms with van der Waals surface area (Å²) < 4.78 is 40.4. The van der Waals surface area contributed by atoms with Crippen molar-refractivity contribution < 1.29 is 42.3 Å². The number of hydrogen-bond donors (Lipinski definition) is 2. The van der Waals surface area contributed by atoms with Crippen molar-refractivity contribution in [3.8, 4) is 5.75 Å². The molecule has 15 heteroatoms. The van der Waals surface area contributed by atoms with Crippen LogP contribution in [0.5, 0.6) is 5.75 Å². The molecule has 4 aromatic rings. The van der Waals surface area contributed by atoms with Gasteiger partial charge >= 0.3 is 6.18 Å². The molecule has 1 aromatic heterocycles. The van der Waals surface area contributed by atoms with Gasteiger partial charge in [-0.3, -0.25) is 34.3 Å². The number of imide groups is 2. The highest BCUT2D eigenvalue weighted by Gasteiger charge is 2.70. The Morgan fingerprint density at radius 1 is 0.927 bits per heavy atom. The van der Waals surface area contributed by atoms with Crippen LogP contribution in [0, 0.1) is 23.7 Å². The number of halogens is 5. The number of hydrogen-bond acceptors (Lipinski definition) is 8. The molecule has 2 N–H and O–H groups in total. The number of ketones is 1. The minimum atomic E-state index is -4.76. The monoisotopic (exact) mass is 788 g/mol. The first-order chi connectivity index (χ1) is 26.1. The van der Waals surface area contributed by atoms with Crippen molar-refractivity contribution in [1.82, 2.24) is 9.99 Å². The smallest absolute Gasteiger partial charge is 0.417 e. The molecular weight excluding hydrogens is 760 g/mol. The number of nitrogens with one attached hydrogen (secondary N) is 1. The highest BCUT2D eigenvalue weighted by Crippen LogP contribution is 2.64. The van der Waals surface area contributed by atoms with Crippen LogP contribution in [0.15, 0.2) is 96.7 Å². The van der Waals surface area contributed by atoms with Gasteiger partial charge < -0.3 is 5.11 Å². The lowest BCUT2D eigenvalue weighted by molar-refractivity contribution is -0.139. The number of benzene rings is 3. The van der Waals surface area contributed by atoms with Crippen LogP contribution in [0.2, 0.25) is 10.0 Å². The van der Waals surface area contributed by atoms with Gasteiger partial charge in [0.25, 0.3) is 11.8 Å². The number of pyridine rings is 1. The van der Waals surface area contributed by atoms with E-state index >= 15 is 4.79 Å². The van der Waals surface area contributed by atoms with Crippen LogP contribution in [0.25, 0.3) is 0 Å². The lowest BCUT2D eigenvalue weighted by atomic mass is 9.49. The predicted octanol–water partition coefficient (Wildman–Crippen LogP) is 7.50. The number of aromatic hydroxyl groups is 1. The molecule has 0 bridgehead atoms. The third-order valence-corrected chi connectivity index (χ3v) is 11.8. The molecule has 2 saturated heterocycles. The third kappa shape index (κ3) is 5.62. The first-order valence-corrected chi connectivity index (χ1v) is 18.0. The molecule has 3 fully saturated rings. The highest BCUT2D eigenvalue weighted by atomic mass is 35.5. The quantitative estimate of drug-likeness (QED) is 0.116. The summed E-state index contributed by atoms with van der Waals surface area (Å²) in [5.41, 5.74) is 1.84. The van der Waals surface area contributed by atoms with Crippen LogP contribution in [0.3, 0.4) is 0 Å². The number of phenolic OH excluding ortho intramolecular Hbond substituents is 1. The largest absolute Gasteiger partial charge is 0.508 e. The zero-order valence-corrected chi connectivity index (χ0v) is 30.2. The number of hydrazine groups is 1. The number of Topliss-reactive ketones (excluding diaryl/α,β-unsaturated/α-hetero) is 1. The fourth-order valence-electron chi connectivity index (χ4n) is 8.96. The Labute approximate surface area is 321 Å². The molecule has 2 aliphatic heterocycles. The second kappa shape index (κ2) is 13.1. The van der Waals surface area contributed by atoms with E-state index in [0.29, 0.717) is 44.6 Å². The minimum absolute atomic E-state index is 0.0714. The third-order valence-electron chi connectivity index (χ3n) is 11.3. The number of fused-ring (bicyclic) bond motifs is 4. The van der Waals surface area contributed by atoms with Crippen molar-refractivity contribution in [3.05, 3.63) is 129 Å². The van der Waals surface area contributed by atoms with Gasteiger partial charge in [0.2, 0.25) is 11.8 Å². The highest BCUT2D eigenvalue weighted by molar-refractivity contribution is 6.33. The van der Waals surface area contributed by atoms with Crippen molar-refractivity contribution in [2.75, 3.05) is 10.3 Å². The maximum Gasteiger partial charge on any atom is 0.417 e. The molecule has 4 amide bonds. The summed E-state index contributed by atoms with van der Waals surface area (Å²) in [4.78, 5) is 75.3. The lowest BCUT2D eigenvalue weighted by Crippen LogP contribution is -2.53. The van der Waals surface area contributed by atoms with Gasteiger partial charge in [0.05, 0.1) is 39.4 Å². The Balaban J connectivity index is 1.28. The second-order valence-corrected chi connectivity index (χ2v) is 15.0.